The smallest absolute Gasteiger partial charge is 0.271 e. The normalized spacial score (nSPS) is 12.3. The Labute approximate surface area is 135 Å². The molecule has 0 aliphatic rings. The average molecular weight is 311 g/mol. The number of thiazole rings is 1. The van der Waals surface area contributed by atoms with Crippen LogP contribution in [0.1, 0.15) is 32.8 Å². The molecule has 3 rings (SSSR count). The van der Waals surface area contributed by atoms with Crippen LogP contribution in [0.4, 0.5) is 0 Å². The van der Waals surface area contributed by atoms with Crippen LogP contribution in [0.3, 0.4) is 0 Å². The Morgan fingerprint density at radius 1 is 0.955 bits per heavy atom. The Hall–Kier alpha value is -1.97. The Morgan fingerprint density at radius 3 is 2.18 bits per heavy atom. The first-order chi connectivity index (χ1) is 10.7. The second kappa shape index (κ2) is 6.42. The molecule has 0 bridgehead atoms. The van der Waals surface area contributed by atoms with E-state index in [1.165, 1.54) is 16.1 Å². The van der Waals surface area contributed by atoms with E-state index in [1.807, 2.05) is 36.4 Å². The monoisotopic (exact) mass is 311 g/mol. The molecule has 3 heteroatoms. The fourth-order valence-corrected chi connectivity index (χ4v) is 3.72. The van der Waals surface area contributed by atoms with Crippen molar-refractivity contribution >= 4 is 11.3 Å². The lowest BCUT2D eigenvalue weighted by molar-refractivity contribution is -0.699. The summed E-state index contributed by atoms with van der Waals surface area (Å²) in [4.78, 5) is 1.25. The molecule has 112 valence electrons. The average Bonchev–Trinajstić information content (AvgIpc) is 2.84. The minimum atomic E-state index is -0.581. The van der Waals surface area contributed by atoms with Crippen molar-refractivity contribution < 1.29 is 9.67 Å². The minimum Gasteiger partial charge on any atom is -0.377 e. The number of aliphatic hydroxyl groups is 1. The molecule has 0 saturated carbocycles. The Balaban J connectivity index is 2.00. The molecule has 2 nitrogen and oxygen atoms in total. The topological polar surface area (TPSA) is 24.1 Å². The predicted octanol–water partition coefficient (Wildman–Crippen LogP) is 3.78. The summed E-state index contributed by atoms with van der Waals surface area (Å²) >= 11 is 1.68. The van der Waals surface area contributed by atoms with Crippen molar-refractivity contribution in [2.45, 2.75) is 26.5 Å². The van der Waals surface area contributed by atoms with Gasteiger partial charge in [0.05, 0.1) is 4.88 Å². The maximum absolute atomic E-state index is 10.8. The van der Waals surface area contributed by atoms with E-state index >= 15 is 0 Å². The quantitative estimate of drug-likeness (QED) is 0.575. The van der Waals surface area contributed by atoms with E-state index in [0.29, 0.717) is 0 Å². The van der Waals surface area contributed by atoms with Gasteiger partial charge in [0.15, 0.2) is 18.3 Å². The van der Waals surface area contributed by atoms with Crippen LogP contribution in [-0.4, -0.2) is 5.11 Å². The Bertz CT molecular complexity index is 750. The first-order valence-corrected chi connectivity index (χ1v) is 8.25. The molecule has 0 aliphatic heterocycles. The molecule has 1 aromatic heterocycles. The highest BCUT2D eigenvalue weighted by Gasteiger charge is 2.28. The summed E-state index contributed by atoms with van der Waals surface area (Å²) in [6, 6.07) is 20.2. The summed E-state index contributed by atoms with van der Waals surface area (Å²) in [5.74, 6) is 0. The van der Waals surface area contributed by atoms with E-state index in [2.05, 4.69) is 42.7 Å². The van der Waals surface area contributed by atoms with Gasteiger partial charge in [0.25, 0.3) is 5.01 Å². The van der Waals surface area contributed by atoms with Crippen molar-refractivity contribution in [3.63, 3.8) is 0 Å². The summed E-state index contributed by atoms with van der Waals surface area (Å²) in [5.41, 5.74) is 3.40. The van der Waals surface area contributed by atoms with Gasteiger partial charge in [-0.2, -0.15) is 4.57 Å². The molecule has 0 radical (unpaired) electrons. The molecule has 22 heavy (non-hydrogen) atoms. The van der Waals surface area contributed by atoms with Crippen LogP contribution in [0.15, 0.2) is 60.7 Å². The van der Waals surface area contributed by atoms with Crippen LogP contribution in [0.5, 0.6) is 0 Å². The summed E-state index contributed by atoms with van der Waals surface area (Å²) in [6.07, 6.45) is -0.581. The van der Waals surface area contributed by atoms with E-state index in [9.17, 15) is 5.11 Å². The maximum Gasteiger partial charge on any atom is 0.271 e. The van der Waals surface area contributed by atoms with Crippen LogP contribution < -0.4 is 4.57 Å². The van der Waals surface area contributed by atoms with Crippen LogP contribution in [-0.2, 0) is 6.54 Å². The third-order valence-corrected chi connectivity index (χ3v) is 5.23. The molecule has 0 fully saturated rings. The van der Waals surface area contributed by atoms with E-state index in [4.69, 9.17) is 0 Å². The molecule has 3 aromatic rings. The Kier molecular flexibility index (Phi) is 4.36. The van der Waals surface area contributed by atoms with Gasteiger partial charge in [0.2, 0.25) is 0 Å². The molecule has 0 aliphatic carbocycles. The number of aryl methyl sites for hydroxylation is 1. The third kappa shape index (κ3) is 2.96. The zero-order chi connectivity index (χ0) is 15.5. The second-order valence-corrected chi connectivity index (χ2v) is 6.70. The summed E-state index contributed by atoms with van der Waals surface area (Å²) < 4.78 is 2.23. The number of nitrogens with zero attached hydrogens (tertiary/aromatic N) is 1. The van der Waals surface area contributed by atoms with Crippen molar-refractivity contribution in [1.29, 1.82) is 0 Å². The third-order valence-electron chi connectivity index (χ3n) is 3.97. The highest BCUT2D eigenvalue weighted by molar-refractivity contribution is 7.11. The van der Waals surface area contributed by atoms with Crippen molar-refractivity contribution in [3.8, 4) is 0 Å². The van der Waals surface area contributed by atoms with Crippen LogP contribution >= 0.6 is 11.3 Å². The largest absolute Gasteiger partial charge is 0.377 e. The molecule has 0 spiro atoms. The molecule has 1 unspecified atom stereocenters. The zero-order valence-electron chi connectivity index (χ0n) is 12.9. The zero-order valence-corrected chi connectivity index (χ0v) is 13.7. The lowest BCUT2D eigenvalue weighted by Crippen LogP contribution is -2.40. The van der Waals surface area contributed by atoms with E-state index in [1.54, 1.807) is 11.3 Å². The first kappa shape index (κ1) is 14.9. The lowest BCUT2D eigenvalue weighted by Gasteiger charge is -2.08. The van der Waals surface area contributed by atoms with Gasteiger partial charge in [-0.3, -0.25) is 0 Å². The molecule has 1 N–H and O–H groups in total. The van der Waals surface area contributed by atoms with Gasteiger partial charge < -0.3 is 5.11 Å². The molecule has 0 saturated heterocycles. The van der Waals surface area contributed by atoms with Gasteiger partial charge >= 0.3 is 0 Å². The van der Waals surface area contributed by atoms with Crippen LogP contribution in [0, 0.1) is 13.8 Å². The number of hydrogen-bond donors (Lipinski definition) is 1. The number of hydrogen-bond acceptors (Lipinski definition) is 2. The van der Waals surface area contributed by atoms with Crippen LogP contribution in [0.2, 0.25) is 0 Å². The Morgan fingerprint density at radius 2 is 1.55 bits per heavy atom. The standard InChI is InChI=1S/C19H20NOS/c1-14-15(2)22-19(18(21)17-11-7-4-8-12-17)20(14)13-16-9-5-3-6-10-16/h3-12,18,21H,13H2,1-2H3/q+1/i18+1. The SMILES string of the molecule is Cc1sc([13CH](O)c2ccccc2)[n+](Cc2ccccc2)c1C. The predicted molar refractivity (Wildman–Crippen MR) is 90.0 cm³/mol. The summed E-state index contributed by atoms with van der Waals surface area (Å²) in [5, 5.41) is 11.8. The molecule has 0 amide bonds. The highest BCUT2D eigenvalue weighted by Crippen LogP contribution is 2.26. The molecular weight excluding hydrogens is 291 g/mol. The molecule has 1 heterocycles. The fraction of sp³-hybridized carbons (Fsp3) is 0.211. The van der Waals surface area contributed by atoms with E-state index in [0.717, 1.165) is 17.1 Å². The number of aliphatic hydroxyl groups excluding tert-OH is 1. The number of benzene rings is 2. The lowest BCUT2D eigenvalue weighted by atomic mass is 10.2. The summed E-state index contributed by atoms with van der Waals surface area (Å²) in [6.45, 7) is 5.02. The van der Waals surface area contributed by atoms with E-state index < -0.39 is 6.10 Å². The van der Waals surface area contributed by atoms with Gasteiger partial charge in [-0.25, -0.2) is 0 Å². The van der Waals surface area contributed by atoms with Crippen molar-refractivity contribution in [3.05, 3.63) is 87.4 Å². The minimum absolute atomic E-state index is 0.581. The summed E-state index contributed by atoms with van der Waals surface area (Å²) in [7, 11) is 0. The van der Waals surface area contributed by atoms with Gasteiger partial charge in [0, 0.05) is 12.5 Å². The maximum atomic E-state index is 10.8. The van der Waals surface area contributed by atoms with Gasteiger partial charge in [-0.05, 0) is 12.5 Å². The van der Waals surface area contributed by atoms with Crippen molar-refractivity contribution in [2.24, 2.45) is 0 Å². The number of rotatable bonds is 4. The first-order valence-electron chi connectivity index (χ1n) is 7.43. The van der Waals surface area contributed by atoms with Gasteiger partial charge in [-0.15, -0.1) is 0 Å². The molecule has 2 aromatic carbocycles. The molecule has 1 atom stereocenters. The number of aromatic nitrogens is 1. The van der Waals surface area contributed by atoms with Crippen molar-refractivity contribution in [2.75, 3.05) is 0 Å². The second-order valence-electron chi connectivity index (χ2n) is 5.47. The van der Waals surface area contributed by atoms with Gasteiger partial charge in [-0.1, -0.05) is 72.0 Å². The van der Waals surface area contributed by atoms with Crippen LogP contribution in [0.25, 0.3) is 0 Å². The molecular formula is C19H20NOS+. The fourth-order valence-electron chi connectivity index (χ4n) is 2.58. The highest BCUT2D eigenvalue weighted by atomic mass is 32.1. The van der Waals surface area contributed by atoms with Crippen molar-refractivity contribution in [1.82, 2.24) is 0 Å². The van der Waals surface area contributed by atoms with E-state index in [-0.39, 0.29) is 0 Å². The van der Waals surface area contributed by atoms with Gasteiger partial charge in [0.1, 0.15) is 0 Å².